The zero-order chi connectivity index (χ0) is 21.7. The van der Waals surface area contributed by atoms with Crippen LogP contribution in [0.15, 0.2) is 53.7 Å². The highest BCUT2D eigenvalue weighted by molar-refractivity contribution is 6.32. The Labute approximate surface area is 180 Å². The zero-order valence-electron chi connectivity index (χ0n) is 17.0. The number of allylic oxidation sites excluding steroid dienone is 1. The molecule has 1 aliphatic rings. The fourth-order valence-corrected chi connectivity index (χ4v) is 3.49. The molecule has 0 aromatic heterocycles. The summed E-state index contributed by atoms with van der Waals surface area (Å²) in [6, 6.07) is 11.9. The summed E-state index contributed by atoms with van der Waals surface area (Å²) in [5, 5.41) is 5.63. The first kappa shape index (κ1) is 21.5. The molecule has 30 heavy (non-hydrogen) atoms. The zero-order valence-corrected chi connectivity index (χ0v) is 17.7. The van der Waals surface area contributed by atoms with Gasteiger partial charge in [-0.05, 0) is 37.1 Å². The maximum Gasteiger partial charge on any atom is 0.337 e. The van der Waals surface area contributed by atoms with E-state index in [1.54, 1.807) is 19.1 Å². The number of hydrogen-bond acceptors (Lipinski definition) is 5. The van der Waals surface area contributed by atoms with Gasteiger partial charge in [-0.1, -0.05) is 41.9 Å². The number of halogens is 1. The van der Waals surface area contributed by atoms with Gasteiger partial charge in [-0.25, -0.2) is 9.59 Å². The Morgan fingerprint density at radius 2 is 1.90 bits per heavy atom. The van der Waals surface area contributed by atoms with Crippen molar-refractivity contribution >= 4 is 23.6 Å². The van der Waals surface area contributed by atoms with Crippen molar-refractivity contribution in [2.45, 2.75) is 26.5 Å². The number of rotatable bonds is 7. The lowest BCUT2D eigenvalue weighted by Crippen LogP contribution is -2.45. The molecule has 0 fully saturated rings. The molecule has 3 rings (SSSR count). The van der Waals surface area contributed by atoms with E-state index in [2.05, 4.69) is 10.6 Å². The molecule has 1 aliphatic heterocycles. The lowest BCUT2D eigenvalue weighted by atomic mass is 9.95. The van der Waals surface area contributed by atoms with Gasteiger partial charge in [0.1, 0.15) is 6.61 Å². The van der Waals surface area contributed by atoms with Crippen molar-refractivity contribution in [1.29, 1.82) is 0 Å². The van der Waals surface area contributed by atoms with Crippen LogP contribution in [0.2, 0.25) is 5.02 Å². The molecule has 2 N–H and O–H groups in total. The van der Waals surface area contributed by atoms with Crippen molar-refractivity contribution in [3.63, 3.8) is 0 Å². The molecule has 158 valence electrons. The normalized spacial score (nSPS) is 15.9. The summed E-state index contributed by atoms with van der Waals surface area (Å²) < 4.78 is 16.6. The Bertz CT molecular complexity index is 975. The molecule has 8 heteroatoms. The van der Waals surface area contributed by atoms with Crippen molar-refractivity contribution in [3.05, 3.63) is 69.9 Å². The molecule has 0 aliphatic carbocycles. The summed E-state index contributed by atoms with van der Waals surface area (Å²) in [5.74, 6) is 0.265. The molecule has 0 bridgehead atoms. The predicted molar refractivity (Wildman–Crippen MR) is 113 cm³/mol. The number of carbonyl (C=O) groups excluding carboxylic acids is 2. The van der Waals surface area contributed by atoms with Crippen LogP contribution in [0.25, 0.3) is 0 Å². The number of nitrogens with one attached hydrogen (secondary N) is 2. The van der Waals surface area contributed by atoms with E-state index in [1.165, 1.54) is 7.11 Å². The van der Waals surface area contributed by atoms with E-state index in [4.69, 9.17) is 25.8 Å². The molecule has 1 heterocycles. The van der Waals surface area contributed by atoms with Gasteiger partial charge in [0.2, 0.25) is 0 Å². The first-order valence-corrected chi connectivity index (χ1v) is 9.82. The summed E-state index contributed by atoms with van der Waals surface area (Å²) >= 11 is 6.52. The Hall–Kier alpha value is -3.19. The van der Waals surface area contributed by atoms with Gasteiger partial charge < -0.3 is 24.8 Å². The standard InChI is InChI=1S/C22H23ClN2O5/c1-4-29-17-11-15(19-18(21(26)28-3)13(2)24-22(27)25-19)10-16(23)20(17)30-12-14-8-6-5-7-9-14/h5-11,19H,4,12H2,1-3H3,(H2,24,25,27)/t19-/m0/s1. The second-order valence-electron chi connectivity index (χ2n) is 6.60. The molecule has 2 aromatic rings. The van der Waals surface area contributed by atoms with Gasteiger partial charge in [-0.3, -0.25) is 0 Å². The van der Waals surface area contributed by atoms with E-state index >= 15 is 0 Å². The van der Waals surface area contributed by atoms with E-state index < -0.39 is 18.0 Å². The summed E-state index contributed by atoms with van der Waals surface area (Å²) in [5.41, 5.74) is 2.25. The monoisotopic (exact) mass is 430 g/mol. The molecule has 0 saturated carbocycles. The number of esters is 1. The fraction of sp³-hybridized carbons (Fsp3) is 0.273. The average Bonchev–Trinajstić information content (AvgIpc) is 2.73. The minimum Gasteiger partial charge on any atom is -0.490 e. The van der Waals surface area contributed by atoms with Crippen molar-refractivity contribution in [2.24, 2.45) is 0 Å². The Kier molecular flexibility index (Phi) is 6.84. The fourth-order valence-electron chi connectivity index (χ4n) is 3.21. The molecule has 0 spiro atoms. The highest BCUT2D eigenvalue weighted by atomic mass is 35.5. The number of amides is 2. The van der Waals surface area contributed by atoms with E-state index in [0.717, 1.165) is 5.56 Å². The number of hydrogen-bond donors (Lipinski definition) is 2. The summed E-state index contributed by atoms with van der Waals surface area (Å²) in [7, 11) is 1.29. The highest BCUT2D eigenvalue weighted by Gasteiger charge is 2.33. The maximum atomic E-state index is 12.3. The second-order valence-corrected chi connectivity index (χ2v) is 7.01. The van der Waals surface area contributed by atoms with E-state index in [9.17, 15) is 9.59 Å². The van der Waals surface area contributed by atoms with Crippen LogP contribution in [0.3, 0.4) is 0 Å². The number of methoxy groups -OCH3 is 1. The number of ether oxygens (including phenoxy) is 3. The third kappa shape index (κ3) is 4.68. The molecule has 7 nitrogen and oxygen atoms in total. The van der Waals surface area contributed by atoms with E-state index in [1.807, 2.05) is 37.3 Å². The van der Waals surface area contributed by atoms with Crippen LogP contribution in [0.1, 0.15) is 31.0 Å². The van der Waals surface area contributed by atoms with E-state index in [0.29, 0.717) is 41.0 Å². The van der Waals surface area contributed by atoms with Crippen molar-refractivity contribution < 1.29 is 23.8 Å². The van der Waals surface area contributed by atoms with Crippen LogP contribution in [0.5, 0.6) is 11.5 Å². The third-order valence-corrected chi connectivity index (χ3v) is 4.85. The van der Waals surface area contributed by atoms with Gasteiger partial charge in [0, 0.05) is 5.70 Å². The topological polar surface area (TPSA) is 85.9 Å². The van der Waals surface area contributed by atoms with Gasteiger partial charge in [-0.2, -0.15) is 0 Å². The molecule has 0 unspecified atom stereocenters. The van der Waals surface area contributed by atoms with Crippen LogP contribution in [-0.2, 0) is 16.1 Å². The first-order valence-electron chi connectivity index (χ1n) is 9.44. The molecule has 1 atom stereocenters. The molecular weight excluding hydrogens is 408 g/mol. The Morgan fingerprint density at radius 1 is 1.17 bits per heavy atom. The summed E-state index contributed by atoms with van der Waals surface area (Å²) in [6.45, 7) is 4.19. The molecular formula is C22H23ClN2O5. The number of benzene rings is 2. The lowest BCUT2D eigenvalue weighted by Gasteiger charge is -2.28. The van der Waals surface area contributed by atoms with Crippen LogP contribution in [-0.4, -0.2) is 25.7 Å². The predicted octanol–water partition coefficient (Wildman–Crippen LogP) is 4.12. The van der Waals surface area contributed by atoms with Gasteiger partial charge in [-0.15, -0.1) is 0 Å². The maximum absolute atomic E-state index is 12.3. The number of urea groups is 1. The third-order valence-electron chi connectivity index (χ3n) is 4.57. The summed E-state index contributed by atoms with van der Waals surface area (Å²) in [6.07, 6.45) is 0. The van der Waals surface area contributed by atoms with Gasteiger partial charge in [0.05, 0.1) is 30.4 Å². The first-order chi connectivity index (χ1) is 14.4. The largest absolute Gasteiger partial charge is 0.490 e. The van der Waals surface area contributed by atoms with Gasteiger partial charge in [0.15, 0.2) is 11.5 Å². The van der Waals surface area contributed by atoms with Crippen molar-refractivity contribution in [1.82, 2.24) is 10.6 Å². The Morgan fingerprint density at radius 3 is 2.57 bits per heavy atom. The molecule has 0 saturated heterocycles. The Balaban J connectivity index is 1.98. The summed E-state index contributed by atoms with van der Waals surface area (Å²) in [4.78, 5) is 24.4. The molecule has 0 radical (unpaired) electrons. The SMILES string of the molecule is CCOc1cc([C@@H]2NC(=O)NC(C)=C2C(=O)OC)cc(Cl)c1OCc1ccccc1. The van der Waals surface area contributed by atoms with Crippen LogP contribution in [0.4, 0.5) is 4.79 Å². The van der Waals surface area contributed by atoms with Crippen LogP contribution in [0, 0.1) is 0 Å². The smallest absolute Gasteiger partial charge is 0.337 e. The highest BCUT2D eigenvalue weighted by Crippen LogP contribution is 2.40. The molecule has 2 amide bonds. The quantitative estimate of drug-likeness (QED) is 0.645. The lowest BCUT2D eigenvalue weighted by molar-refractivity contribution is -0.136. The van der Waals surface area contributed by atoms with Gasteiger partial charge in [0.25, 0.3) is 0 Å². The van der Waals surface area contributed by atoms with Crippen molar-refractivity contribution in [2.75, 3.05) is 13.7 Å². The molecule has 2 aromatic carbocycles. The van der Waals surface area contributed by atoms with Crippen LogP contribution >= 0.6 is 11.6 Å². The van der Waals surface area contributed by atoms with Crippen molar-refractivity contribution in [3.8, 4) is 11.5 Å². The minimum atomic E-state index is -0.744. The average molecular weight is 431 g/mol. The van der Waals surface area contributed by atoms with Gasteiger partial charge >= 0.3 is 12.0 Å². The minimum absolute atomic E-state index is 0.286. The number of carbonyl (C=O) groups is 2. The van der Waals surface area contributed by atoms with Crippen LogP contribution < -0.4 is 20.1 Å². The van der Waals surface area contributed by atoms with E-state index in [-0.39, 0.29) is 5.57 Å². The second kappa shape index (κ2) is 9.54.